The number of ether oxygens (including phenoxy) is 2. The standard InChI is InChI=1S/C17H23N3O2/c1-18-17-12-9-14(21-2)15(22-3)10-13(12)19-16(20-17)11-7-5-4-6-8-11/h9-11H,4-8H2,1-3H3,(H,18,19,20). The number of benzene rings is 1. The molecule has 1 aliphatic carbocycles. The van der Waals surface area contributed by atoms with E-state index in [2.05, 4.69) is 5.32 Å². The molecular weight excluding hydrogens is 278 g/mol. The van der Waals surface area contributed by atoms with Gasteiger partial charge in [-0.3, -0.25) is 0 Å². The molecule has 118 valence electrons. The van der Waals surface area contributed by atoms with Gasteiger partial charge in [0.2, 0.25) is 0 Å². The lowest BCUT2D eigenvalue weighted by Crippen LogP contribution is -2.10. The van der Waals surface area contributed by atoms with Crippen molar-refractivity contribution in [3.05, 3.63) is 18.0 Å². The maximum absolute atomic E-state index is 5.40. The molecule has 0 unspecified atom stereocenters. The molecule has 0 radical (unpaired) electrons. The molecule has 22 heavy (non-hydrogen) atoms. The second-order valence-electron chi connectivity index (χ2n) is 5.74. The minimum atomic E-state index is 0.471. The monoisotopic (exact) mass is 301 g/mol. The Bertz CT molecular complexity index is 666. The van der Waals surface area contributed by atoms with Gasteiger partial charge in [-0.05, 0) is 18.9 Å². The second kappa shape index (κ2) is 6.38. The van der Waals surface area contributed by atoms with Crippen LogP contribution in [0.25, 0.3) is 10.9 Å². The van der Waals surface area contributed by atoms with Gasteiger partial charge in [-0.15, -0.1) is 0 Å². The van der Waals surface area contributed by atoms with Gasteiger partial charge in [0.05, 0.1) is 19.7 Å². The van der Waals surface area contributed by atoms with E-state index in [1.165, 1.54) is 32.1 Å². The first-order chi connectivity index (χ1) is 10.8. The molecule has 2 aromatic rings. The van der Waals surface area contributed by atoms with Crippen molar-refractivity contribution in [2.45, 2.75) is 38.0 Å². The summed E-state index contributed by atoms with van der Waals surface area (Å²) in [6.07, 6.45) is 6.23. The van der Waals surface area contributed by atoms with E-state index >= 15 is 0 Å². The predicted octanol–water partition coefficient (Wildman–Crippen LogP) is 3.74. The average Bonchev–Trinajstić information content (AvgIpc) is 2.60. The lowest BCUT2D eigenvalue weighted by Gasteiger charge is -2.21. The van der Waals surface area contributed by atoms with Crippen molar-refractivity contribution >= 4 is 16.7 Å². The molecule has 0 bridgehead atoms. The maximum Gasteiger partial charge on any atom is 0.162 e. The number of hydrogen-bond acceptors (Lipinski definition) is 5. The van der Waals surface area contributed by atoms with Crippen molar-refractivity contribution in [3.63, 3.8) is 0 Å². The fourth-order valence-electron chi connectivity index (χ4n) is 3.21. The van der Waals surface area contributed by atoms with Gasteiger partial charge >= 0.3 is 0 Å². The highest BCUT2D eigenvalue weighted by molar-refractivity contribution is 5.91. The van der Waals surface area contributed by atoms with Crippen LogP contribution in [-0.2, 0) is 0 Å². The summed E-state index contributed by atoms with van der Waals surface area (Å²) in [7, 11) is 5.18. The maximum atomic E-state index is 5.40. The summed E-state index contributed by atoms with van der Waals surface area (Å²) in [5.74, 6) is 3.67. The smallest absolute Gasteiger partial charge is 0.162 e. The number of rotatable bonds is 4. The second-order valence-corrected chi connectivity index (χ2v) is 5.74. The number of methoxy groups -OCH3 is 2. The van der Waals surface area contributed by atoms with Crippen LogP contribution in [0.1, 0.15) is 43.8 Å². The predicted molar refractivity (Wildman–Crippen MR) is 88.0 cm³/mol. The fourth-order valence-corrected chi connectivity index (χ4v) is 3.21. The van der Waals surface area contributed by atoms with Crippen LogP contribution in [0.4, 0.5) is 5.82 Å². The van der Waals surface area contributed by atoms with Crippen LogP contribution in [-0.4, -0.2) is 31.2 Å². The third kappa shape index (κ3) is 2.67. The molecule has 1 N–H and O–H groups in total. The van der Waals surface area contributed by atoms with Crippen LogP contribution in [0, 0.1) is 0 Å². The zero-order chi connectivity index (χ0) is 15.5. The molecule has 1 heterocycles. The fraction of sp³-hybridized carbons (Fsp3) is 0.529. The molecule has 1 saturated carbocycles. The summed E-state index contributed by atoms with van der Waals surface area (Å²) in [6.45, 7) is 0. The van der Waals surface area contributed by atoms with Crippen molar-refractivity contribution < 1.29 is 9.47 Å². The van der Waals surface area contributed by atoms with Crippen molar-refractivity contribution in [2.75, 3.05) is 26.6 Å². The Kier molecular flexibility index (Phi) is 4.32. The summed E-state index contributed by atoms with van der Waals surface area (Å²) in [5.41, 5.74) is 0.901. The Morgan fingerprint density at radius 2 is 1.68 bits per heavy atom. The van der Waals surface area contributed by atoms with Crippen molar-refractivity contribution in [1.29, 1.82) is 0 Å². The van der Waals surface area contributed by atoms with Crippen LogP contribution in [0.3, 0.4) is 0 Å². The minimum Gasteiger partial charge on any atom is -0.493 e. The highest BCUT2D eigenvalue weighted by Gasteiger charge is 2.20. The zero-order valence-electron chi connectivity index (χ0n) is 13.5. The third-order valence-corrected chi connectivity index (χ3v) is 4.43. The van der Waals surface area contributed by atoms with Crippen LogP contribution >= 0.6 is 0 Å². The first-order valence-electron chi connectivity index (χ1n) is 7.88. The molecule has 0 spiro atoms. The van der Waals surface area contributed by atoms with Gasteiger partial charge in [0.25, 0.3) is 0 Å². The number of nitrogens with one attached hydrogen (secondary N) is 1. The van der Waals surface area contributed by atoms with Crippen molar-refractivity contribution in [2.24, 2.45) is 0 Å². The third-order valence-electron chi connectivity index (χ3n) is 4.43. The Morgan fingerprint density at radius 1 is 1.00 bits per heavy atom. The molecule has 3 rings (SSSR count). The van der Waals surface area contributed by atoms with E-state index in [0.29, 0.717) is 17.4 Å². The van der Waals surface area contributed by atoms with E-state index < -0.39 is 0 Å². The first-order valence-corrected chi connectivity index (χ1v) is 7.88. The number of hydrogen-bond donors (Lipinski definition) is 1. The number of fused-ring (bicyclic) bond motifs is 1. The summed E-state index contributed by atoms with van der Waals surface area (Å²) in [4.78, 5) is 9.56. The molecule has 0 saturated heterocycles. The van der Waals surface area contributed by atoms with Crippen LogP contribution in [0.5, 0.6) is 11.5 Å². The Labute approximate surface area is 131 Å². The molecule has 0 atom stereocenters. The Balaban J connectivity index is 2.12. The topological polar surface area (TPSA) is 56.3 Å². The molecule has 1 aliphatic rings. The van der Waals surface area contributed by atoms with E-state index in [-0.39, 0.29) is 0 Å². The van der Waals surface area contributed by atoms with Crippen molar-refractivity contribution in [1.82, 2.24) is 9.97 Å². The van der Waals surface area contributed by atoms with Gasteiger partial charge in [-0.25, -0.2) is 9.97 Å². The van der Waals surface area contributed by atoms with Crippen LogP contribution in [0.2, 0.25) is 0 Å². The van der Waals surface area contributed by atoms with Gasteiger partial charge in [0.1, 0.15) is 11.6 Å². The van der Waals surface area contributed by atoms with E-state index in [1.54, 1.807) is 14.2 Å². The lowest BCUT2D eigenvalue weighted by atomic mass is 9.88. The highest BCUT2D eigenvalue weighted by atomic mass is 16.5. The quantitative estimate of drug-likeness (QED) is 0.932. The molecule has 5 nitrogen and oxygen atoms in total. The Hall–Kier alpha value is -2.04. The molecule has 0 aliphatic heterocycles. The van der Waals surface area contributed by atoms with Crippen molar-refractivity contribution in [3.8, 4) is 11.5 Å². The number of aromatic nitrogens is 2. The molecule has 5 heteroatoms. The molecule has 0 amide bonds. The first kappa shape index (κ1) is 14.9. The van der Waals surface area contributed by atoms with Crippen LogP contribution < -0.4 is 14.8 Å². The Morgan fingerprint density at radius 3 is 2.32 bits per heavy atom. The summed E-state index contributed by atoms with van der Waals surface area (Å²) >= 11 is 0. The summed E-state index contributed by atoms with van der Waals surface area (Å²) in [5, 5.41) is 4.15. The lowest BCUT2D eigenvalue weighted by molar-refractivity contribution is 0.355. The largest absolute Gasteiger partial charge is 0.493 e. The summed E-state index contributed by atoms with van der Waals surface area (Å²) in [6, 6.07) is 3.87. The zero-order valence-corrected chi connectivity index (χ0v) is 13.5. The average molecular weight is 301 g/mol. The van der Waals surface area contributed by atoms with Gasteiger partial charge in [-0.1, -0.05) is 19.3 Å². The number of nitrogens with zero attached hydrogens (tertiary/aromatic N) is 2. The summed E-state index contributed by atoms with van der Waals surface area (Å²) < 4.78 is 10.8. The van der Waals surface area contributed by atoms with E-state index in [9.17, 15) is 0 Å². The van der Waals surface area contributed by atoms with Gasteiger partial charge in [0, 0.05) is 24.4 Å². The highest BCUT2D eigenvalue weighted by Crippen LogP contribution is 2.36. The van der Waals surface area contributed by atoms with E-state index in [1.807, 2.05) is 19.2 Å². The molecule has 1 aromatic heterocycles. The number of anilines is 1. The molecule has 1 fully saturated rings. The van der Waals surface area contributed by atoms with Crippen LogP contribution in [0.15, 0.2) is 12.1 Å². The molecular formula is C17H23N3O2. The molecule has 1 aromatic carbocycles. The van der Waals surface area contributed by atoms with Gasteiger partial charge in [-0.2, -0.15) is 0 Å². The minimum absolute atomic E-state index is 0.471. The SMILES string of the molecule is CNc1nc(C2CCCCC2)nc2cc(OC)c(OC)cc12. The van der Waals surface area contributed by atoms with Gasteiger partial charge < -0.3 is 14.8 Å². The van der Waals surface area contributed by atoms with E-state index in [4.69, 9.17) is 19.4 Å². The normalized spacial score (nSPS) is 15.8. The van der Waals surface area contributed by atoms with Gasteiger partial charge in [0.15, 0.2) is 11.5 Å². The van der Waals surface area contributed by atoms with E-state index in [0.717, 1.165) is 22.5 Å².